The number of carbonyl (C=O) groups excluding carboxylic acids is 1. The highest BCUT2D eigenvalue weighted by atomic mass is 35.5. The van der Waals surface area contributed by atoms with Crippen LogP contribution in [-0.4, -0.2) is 48.1 Å². The van der Waals surface area contributed by atoms with Crippen molar-refractivity contribution in [2.24, 2.45) is 5.92 Å². The van der Waals surface area contributed by atoms with Gasteiger partial charge in [-0.15, -0.1) is 0 Å². The van der Waals surface area contributed by atoms with Crippen LogP contribution in [0.5, 0.6) is 0 Å². The van der Waals surface area contributed by atoms with Gasteiger partial charge in [0.2, 0.25) is 0 Å². The van der Waals surface area contributed by atoms with E-state index in [9.17, 15) is 4.79 Å². The van der Waals surface area contributed by atoms with Crippen LogP contribution in [0.1, 0.15) is 19.3 Å². The summed E-state index contributed by atoms with van der Waals surface area (Å²) in [6, 6.07) is 7.90. The summed E-state index contributed by atoms with van der Waals surface area (Å²) in [5.74, 6) is 3.19. The van der Waals surface area contributed by atoms with Crippen molar-refractivity contribution in [1.29, 1.82) is 0 Å². The van der Waals surface area contributed by atoms with Crippen LogP contribution in [0.3, 0.4) is 0 Å². The fourth-order valence-corrected chi connectivity index (χ4v) is 4.74. The van der Waals surface area contributed by atoms with Gasteiger partial charge in [-0.2, -0.15) is 11.8 Å². The molecule has 2 heterocycles. The van der Waals surface area contributed by atoms with E-state index in [0.717, 1.165) is 12.6 Å². The van der Waals surface area contributed by atoms with Crippen LogP contribution >= 0.6 is 23.4 Å². The minimum absolute atomic E-state index is 0.173. The van der Waals surface area contributed by atoms with E-state index in [-0.39, 0.29) is 6.03 Å². The summed E-state index contributed by atoms with van der Waals surface area (Å²) in [6.07, 6.45) is 3.69. The molecule has 126 valence electrons. The standard InChI is InChI=1S/C17H24ClN3OS/c18-15-3-1-2-4-16(15)20-17(22)19-11-13-5-8-21(9-6-13)14-7-10-23-12-14/h1-4,13-14H,5-12H2,(H2,19,20,22)/t14-/m0/s1. The lowest BCUT2D eigenvalue weighted by atomic mass is 9.95. The lowest BCUT2D eigenvalue weighted by Crippen LogP contribution is -2.44. The molecule has 0 bridgehead atoms. The van der Waals surface area contributed by atoms with Crippen LogP contribution in [0, 0.1) is 5.92 Å². The molecule has 2 fully saturated rings. The first-order valence-electron chi connectivity index (χ1n) is 8.33. The Morgan fingerprint density at radius 1 is 1.26 bits per heavy atom. The van der Waals surface area contributed by atoms with E-state index in [1.54, 1.807) is 12.1 Å². The molecule has 0 aliphatic carbocycles. The number of carbonyl (C=O) groups is 1. The monoisotopic (exact) mass is 353 g/mol. The fraction of sp³-hybridized carbons (Fsp3) is 0.588. The zero-order valence-corrected chi connectivity index (χ0v) is 14.8. The van der Waals surface area contributed by atoms with Crippen molar-refractivity contribution in [2.75, 3.05) is 36.5 Å². The van der Waals surface area contributed by atoms with Crippen LogP contribution in [0.2, 0.25) is 5.02 Å². The van der Waals surface area contributed by atoms with E-state index in [1.165, 1.54) is 43.9 Å². The van der Waals surface area contributed by atoms with E-state index in [2.05, 4.69) is 27.3 Å². The highest BCUT2D eigenvalue weighted by molar-refractivity contribution is 7.99. The van der Waals surface area contributed by atoms with Gasteiger partial charge in [0, 0.05) is 18.3 Å². The first kappa shape index (κ1) is 16.9. The van der Waals surface area contributed by atoms with Crippen LogP contribution in [0.25, 0.3) is 0 Å². The molecular formula is C17H24ClN3OS. The van der Waals surface area contributed by atoms with E-state index in [1.807, 2.05) is 12.1 Å². The minimum Gasteiger partial charge on any atom is -0.338 e. The molecule has 1 atom stereocenters. The van der Waals surface area contributed by atoms with Gasteiger partial charge in [-0.1, -0.05) is 23.7 Å². The molecule has 1 aromatic rings. The molecule has 4 nitrogen and oxygen atoms in total. The maximum absolute atomic E-state index is 12.0. The molecule has 3 rings (SSSR count). The van der Waals surface area contributed by atoms with Gasteiger partial charge in [0.05, 0.1) is 10.7 Å². The Morgan fingerprint density at radius 3 is 2.74 bits per heavy atom. The second kappa shape index (κ2) is 8.27. The van der Waals surface area contributed by atoms with E-state index in [4.69, 9.17) is 11.6 Å². The molecule has 2 saturated heterocycles. The fourth-order valence-electron chi connectivity index (χ4n) is 3.30. The summed E-state index contributed by atoms with van der Waals surface area (Å²) in [7, 11) is 0. The number of benzene rings is 1. The van der Waals surface area contributed by atoms with E-state index in [0.29, 0.717) is 16.6 Å². The lowest BCUT2D eigenvalue weighted by Gasteiger charge is -2.35. The van der Waals surface area contributed by atoms with Gasteiger partial charge in [0.25, 0.3) is 0 Å². The van der Waals surface area contributed by atoms with Crippen LogP contribution in [0.4, 0.5) is 10.5 Å². The number of piperidine rings is 1. The van der Waals surface area contributed by atoms with Gasteiger partial charge in [-0.05, 0) is 56.2 Å². The van der Waals surface area contributed by atoms with Crippen molar-refractivity contribution in [3.63, 3.8) is 0 Å². The average Bonchev–Trinajstić information content (AvgIpc) is 3.10. The summed E-state index contributed by atoms with van der Waals surface area (Å²) >= 11 is 8.12. The SMILES string of the molecule is O=C(NCC1CCN([C@H]2CCSC2)CC1)Nc1ccccc1Cl. The Balaban J connectivity index is 1.38. The maximum atomic E-state index is 12.0. The number of thioether (sulfide) groups is 1. The predicted octanol–water partition coefficient (Wildman–Crippen LogP) is 3.68. The number of likely N-dealkylation sites (tertiary alicyclic amines) is 1. The number of nitrogens with one attached hydrogen (secondary N) is 2. The van der Waals surface area contributed by atoms with Gasteiger partial charge in [-0.3, -0.25) is 4.90 Å². The number of anilines is 1. The number of rotatable bonds is 4. The van der Waals surface area contributed by atoms with Crippen molar-refractivity contribution >= 4 is 35.1 Å². The number of nitrogens with zero attached hydrogens (tertiary/aromatic N) is 1. The molecule has 0 saturated carbocycles. The molecule has 2 aliphatic rings. The summed E-state index contributed by atoms with van der Waals surface area (Å²) in [6.45, 7) is 3.08. The van der Waals surface area contributed by atoms with Crippen molar-refractivity contribution in [3.05, 3.63) is 29.3 Å². The van der Waals surface area contributed by atoms with Gasteiger partial charge in [0.1, 0.15) is 0 Å². The third-order valence-electron chi connectivity index (χ3n) is 4.74. The second-order valence-corrected chi connectivity index (χ2v) is 7.87. The topological polar surface area (TPSA) is 44.4 Å². The zero-order valence-electron chi connectivity index (χ0n) is 13.3. The minimum atomic E-state index is -0.173. The largest absolute Gasteiger partial charge is 0.338 e. The first-order valence-corrected chi connectivity index (χ1v) is 9.87. The van der Waals surface area contributed by atoms with Crippen molar-refractivity contribution < 1.29 is 4.79 Å². The molecule has 0 radical (unpaired) electrons. The Hall–Kier alpha value is -0.910. The normalized spacial score (nSPS) is 22.9. The Labute approximate surface area is 147 Å². The number of para-hydroxylation sites is 1. The van der Waals surface area contributed by atoms with Crippen LogP contribution in [-0.2, 0) is 0 Å². The number of hydrogen-bond acceptors (Lipinski definition) is 3. The quantitative estimate of drug-likeness (QED) is 0.867. The molecule has 23 heavy (non-hydrogen) atoms. The van der Waals surface area contributed by atoms with Crippen LogP contribution < -0.4 is 10.6 Å². The smallest absolute Gasteiger partial charge is 0.319 e. The van der Waals surface area contributed by atoms with Crippen molar-refractivity contribution in [3.8, 4) is 0 Å². The summed E-state index contributed by atoms with van der Waals surface area (Å²) in [4.78, 5) is 14.6. The lowest BCUT2D eigenvalue weighted by molar-refractivity contribution is 0.143. The molecule has 0 aromatic heterocycles. The summed E-state index contributed by atoms with van der Waals surface area (Å²) < 4.78 is 0. The van der Waals surface area contributed by atoms with Gasteiger partial charge in [0.15, 0.2) is 0 Å². The maximum Gasteiger partial charge on any atom is 0.319 e. The number of hydrogen-bond donors (Lipinski definition) is 2. The molecule has 1 aromatic carbocycles. The third-order valence-corrected chi connectivity index (χ3v) is 6.22. The Kier molecular flexibility index (Phi) is 6.08. The highest BCUT2D eigenvalue weighted by Crippen LogP contribution is 2.26. The molecule has 2 N–H and O–H groups in total. The van der Waals surface area contributed by atoms with Gasteiger partial charge < -0.3 is 10.6 Å². The highest BCUT2D eigenvalue weighted by Gasteiger charge is 2.27. The third kappa shape index (κ3) is 4.78. The molecular weight excluding hydrogens is 330 g/mol. The zero-order chi connectivity index (χ0) is 16.1. The van der Waals surface area contributed by atoms with Crippen molar-refractivity contribution in [2.45, 2.75) is 25.3 Å². The van der Waals surface area contributed by atoms with Gasteiger partial charge >= 0.3 is 6.03 Å². The predicted molar refractivity (Wildman–Crippen MR) is 98.5 cm³/mol. The number of urea groups is 1. The molecule has 2 aliphatic heterocycles. The summed E-state index contributed by atoms with van der Waals surface area (Å²) in [5.41, 5.74) is 0.653. The molecule has 2 amide bonds. The molecule has 0 unspecified atom stereocenters. The summed E-state index contributed by atoms with van der Waals surface area (Å²) in [5, 5.41) is 6.35. The number of halogens is 1. The number of amides is 2. The Bertz CT molecular complexity index is 528. The molecule has 6 heteroatoms. The van der Waals surface area contributed by atoms with Gasteiger partial charge in [-0.25, -0.2) is 4.79 Å². The van der Waals surface area contributed by atoms with Crippen LogP contribution in [0.15, 0.2) is 24.3 Å². The van der Waals surface area contributed by atoms with E-state index < -0.39 is 0 Å². The Morgan fingerprint density at radius 2 is 2.04 bits per heavy atom. The second-order valence-electron chi connectivity index (χ2n) is 6.31. The first-order chi connectivity index (χ1) is 11.2. The van der Waals surface area contributed by atoms with Crippen molar-refractivity contribution in [1.82, 2.24) is 10.2 Å². The molecule has 0 spiro atoms. The van der Waals surface area contributed by atoms with E-state index >= 15 is 0 Å². The average molecular weight is 354 g/mol.